The second-order valence-corrected chi connectivity index (χ2v) is 6.17. The first-order valence-corrected chi connectivity index (χ1v) is 7.84. The Kier molecular flexibility index (Phi) is 5.08. The Balaban J connectivity index is 1.78. The summed E-state index contributed by atoms with van der Waals surface area (Å²) >= 11 is 3.60. The van der Waals surface area contributed by atoms with Gasteiger partial charge in [0, 0.05) is 27.8 Å². The van der Waals surface area contributed by atoms with Crippen LogP contribution in [0, 0.1) is 13.8 Å². The van der Waals surface area contributed by atoms with Crippen LogP contribution in [0.3, 0.4) is 0 Å². The average Bonchev–Trinajstić information content (AvgIpc) is 2.35. The Morgan fingerprint density at radius 2 is 1.50 bits per heavy atom. The van der Waals surface area contributed by atoms with Gasteiger partial charge in [0.1, 0.15) is 0 Å². The number of benzene rings is 1. The second-order valence-electron chi connectivity index (χ2n) is 3.94. The van der Waals surface area contributed by atoms with Crippen LogP contribution in [0.15, 0.2) is 46.5 Å². The number of nitrogens with zero attached hydrogens (tertiary/aromatic N) is 2. The monoisotopic (exact) mass is 276 g/mol. The molecule has 0 fully saturated rings. The van der Waals surface area contributed by atoms with Crippen molar-refractivity contribution in [2.75, 3.05) is 11.5 Å². The van der Waals surface area contributed by atoms with Gasteiger partial charge in [-0.2, -0.15) is 0 Å². The van der Waals surface area contributed by atoms with Crippen LogP contribution in [0.5, 0.6) is 0 Å². The summed E-state index contributed by atoms with van der Waals surface area (Å²) < 4.78 is 0. The third-order valence-corrected chi connectivity index (χ3v) is 4.41. The molecule has 1 aromatic carbocycles. The maximum atomic E-state index is 4.42. The predicted molar refractivity (Wildman–Crippen MR) is 79.4 cm³/mol. The van der Waals surface area contributed by atoms with Gasteiger partial charge in [0.15, 0.2) is 5.16 Å². The molecule has 2 aromatic rings. The summed E-state index contributed by atoms with van der Waals surface area (Å²) in [5.41, 5.74) is 2.08. The molecule has 4 heteroatoms. The summed E-state index contributed by atoms with van der Waals surface area (Å²) in [5, 5.41) is 0.890. The lowest BCUT2D eigenvalue weighted by molar-refractivity contribution is 0.903. The highest BCUT2D eigenvalue weighted by Crippen LogP contribution is 2.21. The molecular weight excluding hydrogens is 260 g/mol. The Morgan fingerprint density at radius 3 is 2.17 bits per heavy atom. The summed E-state index contributed by atoms with van der Waals surface area (Å²) in [5.74, 6) is 2.10. The molecule has 18 heavy (non-hydrogen) atoms. The molecule has 1 aromatic heterocycles. The van der Waals surface area contributed by atoms with Crippen molar-refractivity contribution in [1.82, 2.24) is 9.97 Å². The smallest absolute Gasteiger partial charge is 0.188 e. The third-order valence-electron chi connectivity index (χ3n) is 2.29. The fourth-order valence-electron chi connectivity index (χ4n) is 1.57. The number of thioether (sulfide) groups is 2. The van der Waals surface area contributed by atoms with E-state index < -0.39 is 0 Å². The van der Waals surface area contributed by atoms with Gasteiger partial charge in [0.2, 0.25) is 0 Å². The van der Waals surface area contributed by atoms with Crippen LogP contribution in [-0.2, 0) is 0 Å². The van der Waals surface area contributed by atoms with Gasteiger partial charge in [-0.05, 0) is 32.0 Å². The minimum absolute atomic E-state index is 0.890. The zero-order chi connectivity index (χ0) is 12.8. The van der Waals surface area contributed by atoms with E-state index >= 15 is 0 Å². The highest BCUT2D eigenvalue weighted by atomic mass is 32.2. The van der Waals surface area contributed by atoms with Gasteiger partial charge in [-0.25, -0.2) is 9.97 Å². The third kappa shape index (κ3) is 4.35. The Morgan fingerprint density at radius 1 is 0.889 bits per heavy atom. The molecule has 0 N–H and O–H groups in total. The minimum Gasteiger partial charge on any atom is -0.228 e. The first kappa shape index (κ1) is 13.4. The van der Waals surface area contributed by atoms with E-state index in [1.165, 1.54) is 4.90 Å². The van der Waals surface area contributed by atoms with Crippen molar-refractivity contribution in [3.05, 3.63) is 47.8 Å². The van der Waals surface area contributed by atoms with Gasteiger partial charge in [-0.1, -0.05) is 30.0 Å². The Hall–Kier alpha value is -1.00. The van der Waals surface area contributed by atoms with Crippen LogP contribution in [-0.4, -0.2) is 21.5 Å². The maximum absolute atomic E-state index is 4.42. The van der Waals surface area contributed by atoms with Gasteiger partial charge in [0.05, 0.1) is 0 Å². The number of hydrogen-bond acceptors (Lipinski definition) is 4. The minimum atomic E-state index is 0.890. The molecule has 0 saturated heterocycles. The fourth-order valence-corrected chi connectivity index (χ4v) is 3.42. The highest BCUT2D eigenvalue weighted by Gasteiger charge is 2.00. The van der Waals surface area contributed by atoms with Crippen molar-refractivity contribution in [3.8, 4) is 0 Å². The quantitative estimate of drug-likeness (QED) is 0.469. The molecule has 0 radical (unpaired) electrons. The maximum Gasteiger partial charge on any atom is 0.188 e. The van der Waals surface area contributed by atoms with Crippen LogP contribution in [0.1, 0.15) is 11.4 Å². The summed E-state index contributed by atoms with van der Waals surface area (Å²) in [6, 6.07) is 12.5. The van der Waals surface area contributed by atoms with Crippen molar-refractivity contribution in [3.63, 3.8) is 0 Å². The molecule has 0 amide bonds. The lowest BCUT2D eigenvalue weighted by Gasteiger charge is -2.03. The molecule has 94 valence electrons. The van der Waals surface area contributed by atoms with Gasteiger partial charge < -0.3 is 0 Å². The van der Waals surface area contributed by atoms with Crippen molar-refractivity contribution in [2.45, 2.75) is 23.9 Å². The molecule has 2 nitrogen and oxygen atoms in total. The number of aromatic nitrogens is 2. The van der Waals surface area contributed by atoms with Gasteiger partial charge in [-0.3, -0.25) is 0 Å². The zero-order valence-corrected chi connectivity index (χ0v) is 12.2. The van der Waals surface area contributed by atoms with E-state index in [-0.39, 0.29) is 0 Å². The van der Waals surface area contributed by atoms with Gasteiger partial charge in [-0.15, -0.1) is 11.8 Å². The Bertz CT molecular complexity index is 480. The fraction of sp³-hybridized carbons (Fsp3) is 0.286. The molecule has 1 heterocycles. The van der Waals surface area contributed by atoms with Crippen LogP contribution < -0.4 is 0 Å². The van der Waals surface area contributed by atoms with E-state index in [1.807, 2.05) is 37.7 Å². The molecular formula is C14H16N2S2. The molecule has 0 unspecified atom stereocenters. The molecule has 0 atom stereocenters. The molecule has 0 aliphatic rings. The van der Waals surface area contributed by atoms with E-state index in [1.54, 1.807) is 11.8 Å². The molecule has 2 rings (SSSR count). The number of rotatable bonds is 5. The van der Waals surface area contributed by atoms with E-state index in [0.717, 1.165) is 28.0 Å². The second kappa shape index (κ2) is 6.81. The molecule has 0 aliphatic carbocycles. The average molecular weight is 276 g/mol. The van der Waals surface area contributed by atoms with E-state index in [2.05, 4.69) is 34.2 Å². The first-order chi connectivity index (χ1) is 8.74. The van der Waals surface area contributed by atoms with Crippen molar-refractivity contribution in [1.29, 1.82) is 0 Å². The highest BCUT2D eigenvalue weighted by molar-refractivity contribution is 8.02. The van der Waals surface area contributed by atoms with Crippen molar-refractivity contribution < 1.29 is 0 Å². The van der Waals surface area contributed by atoms with Crippen molar-refractivity contribution >= 4 is 23.5 Å². The molecule has 0 saturated carbocycles. The van der Waals surface area contributed by atoms with Crippen LogP contribution in [0.4, 0.5) is 0 Å². The van der Waals surface area contributed by atoms with E-state index in [9.17, 15) is 0 Å². The molecule has 0 spiro atoms. The van der Waals surface area contributed by atoms with Gasteiger partial charge >= 0.3 is 0 Å². The lowest BCUT2D eigenvalue weighted by Crippen LogP contribution is -1.94. The zero-order valence-electron chi connectivity index (χ0n) is 10.6. The van der Waals surface area contributed by atoms with E-state index in [4.69, 9.17) is 0 Å². The molecule has 0 aliphatic heterocycles. The summed E-state index contributed by atoms with van der Waals surface area (Å²) in [6.07, 6.45) is 0. The summed E-state index contributed by atoms with van der Waals surface area (Å²) in [7, 11) is 0. The predicted octanol–water partition coefficient (Wildman–Crippen LogP) is 3.98. The largest absolute Gasteiger partial charge is 0.228 e. The van der Waals surface area contributed by atoms with Gasteiger partial charge in [0.25, 0.3) is 0 Å². The lowest BCUT2D eigenvalue weighted by atomic mass is 10.4. The number of hydrogen-bond donors (Lipinski definition) is 0. The SMILES string of the molecule is Cc1cc(C)nc(SCCSc2ccccc2)n1. The van der Waals surface area contributed by atoms with Crippen LogP contribution in [0.2, 0.25) is 0 Å². The van der Waals surface area contributed by atoms with E-state index in [0.29, 0.717) is 0 Å². The first-order valence-electron chi connectivity index (χ1n) is 5.87. The van der Waals surface area contributed by atoms with Crippen molar-refractivity contribution in [2.24, 2.45) is 0 Å². The summed E-state index contributed by atoms with van der Waals surface area (Å²) in [6.45, 7) is 4.02. The van der Waals surface area contributed by atoms with Crippen LogP contribution >= 0.6 is 23.5 Å². The van der Waals surface area contributed by atoms with Crippen LogP contribution in [0.25, 0.3) is 0 Å². The number of aryl methyl sites for hydroxylation is 2. The standard InChI is InChI=1S/C14H16N2S2/c1-11-10-12(2)16-14(15-11)18-9-8-17-13-6-4-3-5-7-13/h3-7,10H,8-9H2,1-2H3. The summed E-state index contributed by atoms with van der Waals surface area (Å²) in [4.78, 5) is 10.2. The normalized spacial score (nSPS) is 10.6. The molecule has 0 bridgehead atoms. The Labute approximate surface area is 117 Å². The topological polar surface area (TPSA) is 25.8 Å².